The third-order valence-electron chi connectivity index (χ3n) is 4.01. The summed E-state index contributed by atoms with van der Waals surface area (Å²) in [7, 11) is 1.74. The maximum atomic E-state index is 12.2. The van der Waals surface area contributed by atoms with Gasteiger partial charge in [0, 0.05) is 12.6 Å². The van der Waals surface area contributed by atoms with Gasteiger partial charge in [0.05, 0.1) is 12.5 Å². The molecule has 2 nitrogen and oxygen atoms in total. The third kappa shape index (κ3) is 4.76. The van der Waals surface area contributed by atoms with Gasteiger partial charge in [-0.2, -0.15) is 13.2 Å². The molecule has 18 heavy (non-hydrogen) atoms. The molecule has 1 aliphatic rings. The van der Waals surface area contributed by atoms with Crippen molar-refractivity contribution in [1.82, 2.24) is 4.90 Å². The molecule has 1 fully saturated rings. The van der Waals surface area contributed by atoms with E-state index in [1.54, 1.807) is 11.9 Å². The van der Waals surface area contributed by atoms with Crippen molar-refractivity contribution >= 4 is 0 Å². The molecule has 0 saturated heterocycles. The van der Waals surface area contributed by atoms with Crippen molar-refractivity contribution in [2.45, 2.75) is 57.9 Å². The van der Waals surface area contributed by atoms with Crippen LogP contribution in [0.2, 0.25) is 0 Å². The van der Waals surface area contributed by atoms with Crippen LogP contribution in [0.3, 0.4) is 0 Å². The first-order valence-corrected chi connectivity index (χ1v) is 6.65. The fourth-order valence-corrected chi connectivity index (χ4v) is 2.90. The van der Waals surface area contributed by atoms with Crippen LogP contribution in [0.15, 0.2) is 0 Å². The molecule has 1 saturated carbocycles. The average molecular weight is 267 g/mol. The van der Waals surface area contributed by atoms with E-state index in [4.69, 9.17) is 0 Å². The lowest BCUT2D eigenvalue weighted by atomic mass is 9.76. The maximum Gasteiger partial charge on any atom is 0.390 e. The SMILES string of the molecule is CC(C)C1CCC(O)CC1N(C)CCC(F)(F)F. The lowest BCUT2D eigenvalue weighted by molar-refractivity contribution is -0.140. The van der Waals surface area contributed by atoms with Gasteiger partial charge in [-0.25, -0.2) is 0 Å². The van der Waals surface area contributed by atoms with E-state index in [0.717, 1.165) is 12.8 Å². The minimum Gasteiger partial charge on any atom is -0.393 e. The summed E-state index contributed by atoms with van der Waals surface area (Å²) in [5.74, 6) is 0.822. The van der Waals surface area contributed by atoms with Crippen LogP contribution in [0.1, 0.15) is 39.5 Å². The zero-order chi connectivity index (χ0) is 13.9. The van der Waals surface area contributed by atoms with Crippen LogP contribution in [0.25, 0.3) is 0 Å². The predicted octanol–water partition coefficient (Wildman–Crippen LogP) is 3.06. The topological polar surface area (TPSA) is 23.5 Å². The second kappa shape index (κ2) is 6.24. The van der Waals surface area contributed by atoms with Crippen LogP contribution in [0.4, 0.5) is 13.2 Å². The Labute approximate surface area is 107 Å². The summed E-state index contributed by atoms with van der Waals surface area (Å²) in [4.78, 5) is 1.78. The normalized spacial score (nSPS) is 30.2. The van der Waals surface area contributed by atoms with Crippen LogP contribution in [-0.4, -0.2) is 41.9 Å². The highest BCUT2D eigenvalue weighted by molar-refractivity contribution is 4.87. The average Bonchev–Trinajstić information content (AvgIpc) is 2.24. The van der Waals surface area contributed by atoms with E-state index in [9.17, 15) is 18.3 Å². The van der Waals surface area contributed by atoms with Gasteiger partial charge in [-0.1, -0.05) is 13.8 Å². The monoisotopic (exact) mass is 267 g/mol. The number of nitrogens with zero attached hydrogens (tertiary/aromatic N) is 1. The van der Waals surface area contributed by atoms with Gasteiger partial charge in [-0.05, 0) is 38.1 Å². The Hall–Kier alpha value is -0.290. The molecule has 0 aromatic heterocycles. The first-order chi connectivity index (χ1) is 8.20. The van der Waals surface area contributed by atoms with Crippen LogP contribution < -0.4 is 0 Å². The fourth-order valence-electron chi connectivity index (χ4n) is 2.90. The minimum atomic E-state index is -4.10. The molecule has 3 atom stereocenters. The Kier molecular flexibility index (Phi) is 5.46. The molecular formula is C13H24F3NO. The Morgan fingerprint density at radius 3 is 2.39 bits per heavy atom. The summed E-state index contributed by atoms with van der Waals surface area (Å²) in [6, 6.07) is 0.0658. The van der Waals surface area contributed by atoms with Crippen molar-refractivity contribution in [2.24, 2.45) is 11.8 Å². The molecule has 0 aromatic rings. The lowest BCUT2D eigenvalue weighted by Crippen LogP contribution is -2.46. The largest absolute Gasteiger partial charge is 0.393 e. The van der Waals surface area contributed by atoms with E-state index in [-0.39, 0.29) is 18.7 Å². The Morgan fingerprint density at radius 1 is 1.28 bits per heavy atom. The van der Waals surface area contributed by atoms with Gasteiger partial charge < -0.3 is 10.0 Å². The molecule has 0 bridgehead atoms. The standard InChI is InChI=1S/C13H24F3NO/c1-9(2)11-5-4-10(18)8-12(11)17(3)7-6-13(14,15)16/h9-12,18H,4-8H2,1-3H3. The van der Waals surface area contributed by atoms with E-state index >= 15 is 0 Å². The van der Waals surface area contributed by atoms with Gasteiger partial charge in [0.2, 0.25) is 0 Å². The summed E-state index contributed by atoms with van der Waals surface area (Å²) < 4.78 is 36.7. The van der Waals surface area contributed by atoms with Crippen LogP contribution in [0, 0.1) is 11.8 Å². The highest BCUT2D eigenvalue weighted by atomic mass is 19.4. The van der Waals surface area contributed by atoms with Crippen molar-refractivity contribution in [1.29, 1.82) is 0 Å². The molecule has 0 aromatic carbocycles. The molecule has 1 aliphatic carbocycles. The molecule has 1 N–H and O–H groups in total. The first kappa shape index (κ1) is 15.8. The number of alkyl halides is 3. The van der Waals surface area contributed by atoms with Gasteiger partial charge in [0.25, 0.3) is 0 Å². The molecule has 108 valence electrons. The Bertz CT molecular complexity index is 255. The smallest absolute Gasteiger partial charge is 0.390 e. The summed E-state index contributed by atoms with van der Waals surface area (Å²) in [6.45, 7) is 4.23. The van der Waals surface area contributed by atoms with Crippen molar-refractivity contribution in [2.75, 3.05) is 13.6 Å². The number of halogens is 3. The molecule has 3 unspecified atom stereocenters. The fraction of sp³-hybridized carbons (Fsp3) is 1.00. The Balaban J connectivity index is 2.58. The number of hydrogen-bond acceptors (Lipinski definition) is 2. The zero-order valence-electron chi connectivity index (χ0n) is 11.4. The first-order valence-electron chi connectivity index (χ1n) is 6.65. The van der Waals surface area contributed by atoms with Gasteiger partial charge in [0.15, 0.2) is 0 Å². The van der Waals surface area contributed by atoms with Gasteiger partial charge in [0.1, 0.15) is 0 Å². The van der Waals surface area contributed by atoms with Crippen LogP contribution >= 0.6 is 0 Å². The zero-order valence-corrected chi connectivity index (χ0v) is 11.4. The van der Waals surface area contributed by atoms with Crippen LogP contribution in [-0.2, 0) is 0 Å². The number of aliphatic hydroxyl groups excluding tert-OH is 1. The van der Waals surface area contributed by atoms with Crippen molar-refractivity contribution < 1.29 is 18.3 Å². The van der Waals surface area contributed by atoms with Gasteiger partial charge in [-0.3, -0.25) is 0 Å². The second-order valence-corrected chi connectivity index (χ2v) is 5.79. The Morgan fingerprint density at radius 2 is 1.89 bits per heavy atom. The second-order valence-electron chi connectivity index (χ2n) is 5.79. The summed E-state index contributed by atoms with van der Waals surface area (Å²) in [5.41, 5.74) is 0. The quantitative estimate of drug-likeness (QED) is 0.846. The molecule has 5 heteroatoms. The molecule has 0 radical (unpaired) electrons. The maximum absolute atomic E-state index is 12.2. The molecule has 0 aliphatic heterocycles. The highest BCUT2D eigenvalue weighted by Crippen LogP contribution is 2.34. The van der Waals surface area contributed by atoms with Gasteiger partial charge >= 0.3 is 6.18 Å². The molecule has 0 spiro atoms. The minimum absolute atomic E-state index is 0.0180. The summed E-state index contributed by atoms with van der Waals surface area (Å²) in [5, 5.41) is 9.71. The van der Waals surface area contributed by atoms with E-state index in [1.165, 1.54) is 0 Å². The molecule has 0 amide bonds. The third-order valence-corrected chi connectivity index (χ3v) is 4.01. The van der Waals surface area contributed by atoms with E-state index in [2.05, 4.69) is 13.8 Å². The molecular weight excluding hydrogens is 243 g/mol. The number of aliphatic hydroxyl groups is 1. The van der Waals surface area contributed by atoms with Crippen molar-refractivity contribution in [3.05, 3.63) is 0 Å². The number of hydrogen-bond donors (Lipinski definition) is 1. The summed E-state index contributed by atoms with van der Waals surface area (Å²) >= 11 is 0. The molecule has 1 rings (SSSR count). The van der Waals surface area contributed by atoms with Crippen LogP contribution in [0.5, 0.6) is 0 Å². The van der Waals surface area contributed by atoms with E-state index < -0.39 is 12.6 Å². The summed E-state index contributed by atoms with van der Waals surface area (Å²) in [6.07, 6.45) is -2.97. The predicted molar refractivity (Wildman–Crippen MR) is 65.3 cm³/mol. The van der Waals surface area contributed by atoms with Gasteiger partial charge in [-0.15, -0.1) is 0 Å². The molecule has 0 heterocycles. The van der Waals surface area contributed by atoms with E-state index in [0.29, 0.717) is 18.3 Å². The highest BCUT2D eigenvalue weighted by Gasteiger charge is 2.35. The number of rotatable bonds is 4. The lowest BCUT2D eigenvalue weighted by Gasteiger charge is -2.42. The van der Waals surface area contributed by atoms with E-state index in [1.807, 2.05) is 0 Å². The van der Waals surface area contributed by atoms with Crippen molar-refractivity contribution in [3.8, 4) is 0 Å². The van der Waals surface area contributed by atoms with Crippen molar-refractivity contribution in [3.63, 3.8) is 0 Å².